The van der Waals surface area contributed by atoms with Gasteiger partial charge in [0.1, 0.15) is 11.3 Å². The van der Waals surface area contributed by atoms with Crippen molar-refractivity contribution in [1.82, 2.24) is 19.9 Å². The van der Waals surface area contributed by atoms with Crippen molar-refractivity contribution < 1.29 is 9.53 Å². The predicted octanol–water partition coefficient (Wildman–Crippen LogP) is 3.34. The van der Waals surface area contributed by atoms with Gasteiger partial charge in [-0.2, -0.15) is 0 Å². The van der Waals surface area contributed by atoms with Crippen LogP contribution in [-0.2, 0) is 4.74 Å². The average Bonchev–Trinajstić information content (AvgIpc) is 3.15. The standard InChI is InChI=1S/C17H22N4O2/c1-17(2,3)23-16(22)20-11-7-10-15(20)14-12-21(19-18-14)13-8-5-4-6-9-13/h4-6,8-9,12,15H,7,10-11H2,1-3H3. The molecule has 1 saturated heterocycles. The highest BCUT2D eigenvalue weighted by molar-refractivity contribution is 5.69. The summed E-state index contributed by atoms with van der Waals surface area (Å²) in [5.74, 6) is 0. The van der Waals surface area contributed by atoms with Crippen molar-refractivity contribution in [3.05, 3.63) is 42.2 Å². The lowest BCUT2D eigenvalue weighted by molar-refractivity contribution is 0.0221. The highest BCUT2D eigenvalue weighted by Crippen LogP contribution is 2.32. The van der Waals surface area contributed by atoms with Gasteiger partial charge < -0.3 is 4.74 Å². The first-order chi connectivity index (χ1) is 10.9. The molecule has 0 radical (unpaired) electrons. The number of likely N-dealkylation sites (tertiary alicyclic amines) is 1. The summed E-state index contributed by atoms with van der Waals surface area (Å²) in [5, 5.41) is 8.45. The number of ether oxygens (including phenoxy) is 1. The number of para-hydroxylation sites is 1. The van der Waals surface area contributed by atoms with E-state index in [0.717, 1.165) is 24.2 Å². The minimum absolute atomic E-state index is 0.0673. The minimum Gasteiger partial charge on any atom is -0.444 e. The highest BCUT2D eigenvalue weighted by atomic mass is 16.6. The fourth-order valence-corrected chi connectivity index (χ4v) is 2.75. The van der Waals surface area contributed by atoms with Crippen molar-refractivity contribution >= 4 is 6.09 Å². The van der Waals surface area contributed by atoms with E-state index >= 15 is 0 Å². The van der Waals surface area contributed by atoms with Crippen LogP contribution in [0.25, 0.3) is 5.69 Å². The Labute approximate surface area is 136 Å². The van der Waals surface area contributed by atoms with Gasteiger partial charge in [-0.25, -0.2) is 9.48 Å². The Balaban J connectivity index is 1.78. The number of hydrogen-bond acceptors (Lipinski definition) is 4. The van der Waals surface area contributed by atoms with E-state index in [9.17, 15) is 4.79 Å². The monoisotopic (exact) mass is 314 g/mol. The molecule has 1 unspecified atom stereocenters. The van der Waals surface area contributed by atoms with Crippen LogP contribution in [-0.4, -0.2) is 38.1 Å². The van der Waals surface area contributed by atoms with Crippen molar-refractivity contribution in [2.45, 2.75) is 45.3 Å². The van der Waals surface area contributed by atoms with Crippen molar-refractivity contribution in [1.29, 1.82) is 0 Å². The maximum absolute atomic E-state index is 12.4. The van der Waals surface area contributed by atoms with E-state index in [-0.39, 0.29) is 12.1 Å². The first kappa shape index (κ1) is 15.5. The summed E-state index contributed by atoms with van der Waals surface area (Å²) in [6.07, 6.45) is 3.44. The third kappa shape index (κ3) is 3.52. The topological polar surface area (TPSA) is 60.2 Å². The molecular weight excluding hydrogens is 292 g/mol. The molecular formula is C17H22N4O2. The Hall–Kier alpha value is -2.37. The molecule has 0 saturated carbocycles. The third-order valence-corrected chi connectivity index (χ3v) is 3.75. The van der Waals surface area contributed by atoms with E-state index in [0.29, 0.717) is 6.54 Å². The van der Waals surface area contributed by atoms with E-state index < -0.39 is 5.60 Å². The molecule has 1 atom stereocenters. The van der Waals surface area contributed by atoms with Crippen LogP contribution in [0, 0.1) is 0 Å². The van der Waals surface area contributed by atoms with Crippen LogP contribution < -0.4 is 0 Å². The molecule has 1 aliphatic rings. The van der Waals surface area contributed by atoms with Crippen LogP contribution in [0.3, 0.4) is 0 Å². The van der Waals surface area contributed by atoms with Crippen molar-refractivity contribution in [3.8, 4) is 5.69 Å². The summed E-state index contributed by atoms with van der Waals surface area (Å²) >= 11 is 0. The molecule has 1 aliphatic heterocycles. The summed E-state index contributed by atoms with van der Waals surface area (Å²) in [5.41, 5.74) is 1.26. The van der Waals surface area contributed by atoms with Crippen LogP contribution in [0.2, 0.25) is 0 Å². The lowest BCUT2D eigenvalue weighted by Gasteiger charge is -2.27. The average molecular weight is 314 g/mol. The largest absolute Gasteiger partial charge is 0.444 e. The van der Waals surface area contributed by atoms with Gasteiger partial charge >= 0.3 is 6.09 Å². The molecule has 23 heavy (non-hydrogen) atoms. The highest BCUT2D eigenvalue weighted by Gasteiger charge is 2.34. The van der Waals surface area contributed by atoms with Gasteiger partial charge in [0.05, 0.1) is 17.9 Å². The molecule has 0 spiro atoms. The number of amides is 1. The van der Waals surface area contributed by atoms with Crippen molar-refractivity contribution in [2.24, 2.45) is 0 Å². The second-order valence-corrected chi connectivity index (χ2v) is 6.76. The first-order valence-corrected chi connectivity index (χ1v) is 7.91. The van der Waals surface area contributed by atoms with Gasteiger partial charge in [-0.3, -0.25) is 4.90 Å². The molecule has 1 aromatic carbocycles. The van der Waals surface area contributed by atoms with E-state index in [4.69, 9.17) is 4.74 Å². The molecule has 0 aliphatic carbocycles. The van der Waals surface area contributed by atoms with Crippen LogP contribution >= 0.6 is 0 Å². The van der Waals surface area contributed by atoms with E-state index in [2.05, 4.69) is 10.3 Å². The maximum atomic E-state index is 12.4. The van der Waals surface area contributed by atoms with Gasteiger partial charge in [-0.15, -0.1) is 5.10 Å². The zero-order chi connectivity index (χ0) is 16.4. The van der Waals surface area contributed by atoms with Gasteiger partial charge in [0.25, 0.3) is 0 Å². The summed E-state index contributed by atoms with van der Waals surface area (Å²) in [7, 11) is 0. The molecule has 0 bridgehead atoms. The lowest BCUT2D eigenvalue weighted by Crippen LogP contribution is -2.36. The molecule has 0 N–H and O–H groups in total. The van der Waals surface area contributed by atoms with Gasteiger partial charge in [0.2, 0.25) is 0 Å². The zero-order valence-electron chi connectivity index (χ0n) is 13.8. The van der Waals surface area contributed by atoms with Gasteiger partial charge in [0, 0.05) is 6.54 Å². The summed E-state index contributed by atoms with van der Waals surface area (Å²) in [4.78, 5) is 14.1. The Morgan fingerprint density at radius 1 is 1.26 bits per heavy atom. The van der Waals surface area contributed by atoms with E-state index in [1.54, 1.807) is 9.58 Å². The second-order valence-electron chi connectivity index (χ2n) is 6.76. The maximum Gasteiger partial charge on any atom is 0.410 e. The summed E-state index contributed by atoms with van der Waals surface area (Å²) < 4.78 is 7.23. The molecule has 6 heteroatoms. The first-order valence-electron chi connectivity index (χ1n) is 7.91. The third-order valence-electron chi connectivity index (χ3n) is 3.75. The molecule has 2 heterocycles. The van der Waals surface area contributed by atoms with E-state index in [1.165, 1.54) is 0 Å². The SMILES string of the molecule is CC(C)(C)OC(=O)N1CCCC1c1cn(-c2ccccc2)nn1. The Bertz CT molecular complexity index is 675. The summed E-state index contributed by atoms with van der Waals surface area (Å²) in [6.45, 7) is 6.32. The minimum atomic E-state index is -0.494. The molecule has 122 valence electrons. The summed E-state index contributed by atoms with van der Waals surface area (Å²) in [6, 6.07) is 9.75. The predicted molar refractivity (Wildman–Crippen MR) is 86.3 cm³/mol. The Morgan fingerprint density at radius 2 is 2.00 bits per heavy atom. The Kier molecular flexibility index (Phi) is 4.07. The molecule has 1 amide bonds. The van der Waals surface area contributed by atoms with Crippen LogP contribution in [0.15, 0.2) is 36.5 Å². The number of carbonyl (C=O) groups excluding carboxylic acids is 1. The quantitative estimate of drug-likeness (QED) is 0.853. The number of rotatable bonds is 2. The normalized spacial score (nSPS) is 18.2. The van der Waals surface area contributed by atoms with Crippen LogP contribution in [0.1, 0.15) is 45.3 Å². The molecule has 1 aromatic heterocycles. The molecule has 6 nitrogen and oxygen atoms in total. The number of hydrogen-bond donors (Lipinski definition) is 0. The number of aromatic nitrogens is 3. The number of carbonyl (C=O) groups is 1. The van der Waals surface area contributed by atoms with Gasteiger partial charge in [0.15, 0.2) is 0 Å². The number of nitrogens with zero attached hydrogens (tertiary/aromatic N) is 4. The van der Waals surface area contributed by atoms with Gasteiger partial charge in [-0.1, -0.05) is 23.4 Å². The van der Waals surface area contributed by atoms with Crippen molar-refractivity contribution in [3.63, 3.8) is 0 Å². The van der Waals surface area contributed by atoms with E-state index in [1.807, 2.05) is 57.3 Å². The van der Waals surface area contributed by atoms with Crippen LogP contribution in [0.4, 0.5) is 4.79 Å². The molecule has 2 aromatic rings. The fourth-order valence-electron chi connectivity index (χ4n) is 2.75. The lowest BCUT2D eigenvalue weighted by atomic mass is 10.1. The Morgan fingerprint density at radius 3 is 2.70 bits per heavy atom. The van der Waals surface area contributed by atoms with Crippen LogP contribution in [0.5, 0.6) is 0 Å². The number of benzene rings is 1. The second kappa shape index (κ2) is 6.02. The van der Waals surface area contributed by atoms with Crippen molar-refractivity contribution in [2.75, 3.05) is 6.54 Å². The molecule has 3 rings (SSSR count). The smallest absolute Gasteiger partial charge is 0.410 e. The fraction of sp³-hybridized carbons (Fsp3) is 0.471. The zero-order valence-corrected chi connectivity index (χ0v) is 13.8. The van der Waals surface area contributed by atoms with Gasteiger partial charge in [-0.05, 0) is 45.7 Å². The molecule has 1 fully saturated rings.